The Morgan fingerprint density at radius 2 is 1.65 bits per heavy atom. The molecule has 8 nitrogen and oxygen atoms in total. The summed E-state index contributed by atoms with van der Waals surface area (Å²) < 4.78 is 10.2. The monoisotopic (exact) mass is 374 g/mol. The first-order valence-corrected chi connectivity index (χ1v) is 9.18. The minimum absolute atomic E-state index is 0.308. The average Bonchev–Trinajstić information content (AvgIpc) is 2.53. The largest absolute Gasteiger partial charge is 0.464 e. The van der Waals surface area contributed by atoms with Crippen molar-refractivity contribution in [2.45, 2.75) is 84.4 Å². The maximum Gasteiger partial charge on any atom is 0.408 e. The van der Waals surface area contributed by atoms with E-state index in [-0.39, 0.29) is 0 Å². The first-order valence-electron chi connectivity index (χ1n) is 9.18. The minimum Gasteiger partial charge on any atom is -0.464 e. The predicted octanol–water partition coefficient (Wildman–Crippen LogP) is 1.89. The van der Waals surface area contributed by atoms with Crippen LogP contribution in [0.4, 0.5) is 4.79 Å². The van der Waals surface area contributed by atoms with E-state index in [4.69, 9.17) is 9.47 Å². The molecule has 0 aromatic carbocycles. The van der Waals surface area contributed by atoms with Crippen molar-refractivity contribution in [1.29, 1.82) is 0 Å². The zero-order chi connectivity index (χ0) is 20.2. The van der Waals surface area contributed by atoms with Gasteiger partial charge in [0.2, 0.25) is 5.91 Å². The highest BCUT2D eigenvalue weighted by atomic mass is 16.6. The second-order valence-corrected chi connectivity index (χ2v) is 7.19. The molecule has 152 valence electrons. The maximum absolute atomic E-state index is 12.1. The van der Waals surface area contributed by atoms with Gasteiger partial charge in [0, 0.05) is 0 Å². The fraction of sp³-hybridized carbons (Fsp3) is 0.833. The summed E-state index contributed by atoms with van der Waals surface area (Å²) >= 11 is 0. The molecule has 0 rings (SSSR count). The number of rotatable bonds is 11. The Balaban J connectivity index is 4.26. The molecular formula is C18H34N2O6. The Hall–Kier alpha value is -1.83. The Labute approximate surface area is 156 Å². The summed E-state index contributed by atoms with van der Waals surface area (Å²) in [4.78, 5) is 35.7. The molecule has 0 aromatic rings. The lowest BCUT2D eigenvalue weighted by Crippen LogP contribution is -2.53. The van der Waals surface area contributed by atoms with E-state index < -0.39 is 42.3 Å². The van der Waals surface area contributed by atoms with Crippen LogP contribution in [-0.4, -0.2) is 54.0 Å². The highest BCUT2D eigenvalue weighted by Gasteiger charge is 2.26. The van der Waals surface area contributed by atoms with E-state index in [1.165, 1.54) is 6.92 Å². The number of ether oxygens (including phenoxy) is 2. The first kappa shape index (κ1) is 24.2. The van der Waals surface area contributed by atoms with Crippen LogP contribution in [0.25, 0.3) is 0 Å². The topological polar surface area (TPSA) is 114 Å². The van der Waals surface area contributed by atoms with Crippen LogP contribution < -0.4 is 10.6 Å². The number of aliphatic hydroxyl groups excluding tert-OH is 1. The first-order chi connectivity index (χ1) is 12.1. The van der Waals surface area contributed by atoms with Crippen LogP contribution in [0.15, 0.2) is 0 Å². The summed E-state index contributed by atoms with van der Waals surface area (Å²) in [5, 5.41) is 14.0. The van der Waals surface area contributed by atoms with Gasteiger partial charge in [0.1, 0.15) is 17.7 Å². The van der Waals surface area contributed by atoms with Crippen LogP contribution in [0.2, 0.25) is 0 Å². The van der Waals surface area contributed by atoms with Crippen LogP contribution in [0.5, 0.6) is 0 Å². The molecule has 3 N–H and O–H groups in total. The molecule has 2 amide bonds. The van der Waals surface area contributed by atoms with Crippen LogP contribution in [-0.2, 0) is 19.1 Å². The predicted molar refractivity (Wildman–Crippen MR) is 97.6 cm³/mol. The molecule has 0 saturated carbocycles. The number of esters is 1. The lowest BCUT2D eigenvalue weighted by molar-refractivity contribution is -0.147. The Morgan fingerprint density at radius 3 is 2.19 bits per heavy atom. The van der Waals surface area contributed by atoms with Crippen molar-refractivity contribution in [2.75, 3.05) is 13.2 Å². The van der Waals surface area contributed by atoms with Crippen LogP contribution in [0.3, 0.4) is 0 Å². The van der Waals surface area contributed by atoms with E-state index in [9.17, 15) is 19.5 Å². The van der Waals surface area contributed by atoms with Crippen LogP contribution >= 0.6 is 0 Å². The molecule has 0 saturated heterocycles. The number of hydrogen-bond donors (Lipinski definition) is 3. The number of carbonyl (C=O) groups excluding carboxylic acids is 3. The zero-order valence-electron chi connectivity index (χ0n) is 16.6. The van der Waals surface area contributed by atoms with Gasteiger partial charge in [0.05, 0.1) is 13.2 Å². The number of alkyl carbamates (subject to hydrolysis) is 1. The fourth-order valence-electron chi connectivity index (χ4n) is 2.02. The molecule has 0 fully saturated rings. The Bertz CT molecular complexity index is 447. The van der Waals surface area contributed by atoms with Crippen LogP contribution in [0, 0.1) is 0 Å². The van der Waals surface area contributed by atoms with Gasteiger partial charge in [-0.1, -0.05) is 32.6 Å². The average molecular weight is 374 g/mol. The third-order valence-corrected chi connectivity index (χ3v) is 3.39. The number of nitrogens with one attached hydrogen (secondary N) is 2. The van der Waals surface area contributed by atoms with Gasteiger partial charge < -0.3 is 25.2 Å². The van der Waals surface area contributed by atoms with Gasteiger partial charge >= 0.3 is 12.1 Å². The molecule has 0 spiro atoms. The maximum atomic E-state index is 12.1. The molecule has 0 aliphatic rings. The van der Waals surface area contributed by atoms with Gasteiger partial charge in [-0.25, -0.2) is 9.59 Å². The van der Waals surface area contributed by atoms with Gasteiger partial charge in [-0.05, 0) is 34.1 Å². The summed E-state index contributed by atoms with van der Waals surface area (Å²) in [5.41, 5.74) is -0.727. The second kappa shape index (κ2) is 12.5. The van der Waals surface area contributed by atoms with Crippen molar-refractivity contribution >= 4 is 18.0 Å². The molecule has 0 radical (unpaired) electrons. The van der Waals surface area contributed by atoms with E-state index in [0.29, 0.717) is 6.61 Å². The second-order valence-electron chi connectivity index (χ2n) is 7.19. The normalized spacial score (nSPS) is 13.5. The third kappa shape index (κ3) is 11.7. The summed E-state index contributed by atoms with van der Waals surface area (Å²) in [6.45, 7) is 8.34. The highest BCUT2D eigenvalue weighted by Crippen LogP contribution is 2.07. The lowest BCUT2D eigenvalue weighted by atomic mass is 10.2. The molecular weight excluding hydrogens is 340 g/mol. The Kier molecular flexibility index (Phi) is 11.6. The van der Waals surface area contributed by atoms with Crippen molar-refractivity contribution in [1.82, 2.24) is 10.6 Å². The van der Waals surface area contributed by atoms with E-state index in [1.807, 2.05) is 0 Å². The molecule has 2 atom stereocenters. The fourth-order valence-corrected chi connectivity index (χ4v) is 2.02. The number of aliphatic hydroxyl groups is 1. The van der Waals surface area contributed by atoms with Crippen molar-refractivity contribution in [3.05, 3.63) is 0 Å². The van der Waals surface area contributed by atoms with Gasteiger partial charge in [-0.3, -0.25) is 4.79 Å². The molecule has 26 heavy (non-hydrogen) atoms. The van der Waals surface area contributed by atoms with Gasteiger partial charge in [0.25, 0.3) is 0 Å². The van der Waals surface area contributed by atoms with Gasteiger partial charge in [-0.2, -0.15) is 0 Å². The quantitative estimate of drug-likeness (QED) is 0.376. The summed E-state index contributed by atoms with van der Waals surface area (Å²) in [5.74, 6) is -1.24. The van der Waals surface area contributed by atoms with Gasteiger partial charge in [-0.15, -0.1) is 0 Å². The number of carbonyl (C=O) groups is 3. The highest BCUT2D eigenvalue weighted by molar-refractivity contribution is 5.89. The summed E-state index contributed by atoms with van der Waals surface area (Å²) in [6, 6.07) is -2.10. The van der Waals surface area contributed by atoms with Crippen molar-refractivity contribution < 1.29 is 29.0 Å². The number of amides is 2. The summed E-state index contributed by atoms with van der Waals surface area (Å²) in [6.07, 6.45) is 4.36. The molecule has 0 heterocycles. The molecule has 8 heteroatoms. The standard InChI is InChI=1S/C18H34N2O6/c1-6-7-8-9-10-11-25-16(23)13(2)19-15(22)14(12-21)20-17(24)26-18(3,4)5/h13-14,21H,6-12H2,1-5H3,(H,19,22)(H,20,24)/t13-,14-/m0/s1. The van der Waals surface area contributed by atoms with E-state index in [0.717, 1.165) is 32.1 Å². The van der Waals surface area contributed by atoms with Crippen molar-refractivity contribution in [3.8, 4) is 0 Å². The van der Waals surface area contributed by atoms with E-state index in [1.54, 1.807) is 20.8 Å². The van der Waals surface area contributed by atoms with Crippen molar-refractivity contribution in [2.24, 2.45) is 0 Å². The van der Waals surface area contributed by atoms with Gasteiger partial charge in [0.15, 0.2) is 0 Å². The molecule has 0 bridgehead atoms. The van der Waals surface area contributed by atoms with Crippen molar-refractivity contribution in [3.63, 3.8) is 0 Å². The zero-order valence-corrected chi connectivity index (χ0v) is 16.6. The van der Waals surface area contributed by atoms with E-state index >= 15 is 0 Å². The molecule has 0 aromatic heterocycles. The lowest BCUT2D eigenvalue weighted by Gasteiger charge is -2.23. The van der Waals surface area contributed by atoms with E-state index in [2.05, 4.69) is 17.6 Å². The number of hydrogen-bond acceptors (Lipinski definition) is 6. The SMILES string of the molecule is CCCCCCCOC(=O)[C@H](C)NC(=O)[C@H](CO)NC(=O)OC(C)(C)C. The Morgan fingerprint density at radius 1 is 1.04 bits per heavy atom. The molecule has 0 aliphatic carbocycles. The van der Waals surface area contributed by atoms with Crippen LogP contribution in [0.1, 0.15) is 66.7 Å². The molecule has 0 aliphatic heterocycles. The minimum atomic E-state index is -1.21. The number of unbranched alkanes of at least 4 members (excludes halogenated alkanes) is 4. The summed E-state index contributed by atoms with van der Waals surface area (Å²) in [7, 11) is 0. The molecule has 0 unspecified atom stereocenters. The smallest absolute Gasteiger partial charge is 0.408 e. The third-order valence-electron chi connectivity index (χ3n) is 3.39.